The first-order valence-corrected chi connectivity index (χ1v) is 7.22. The Bertz CT molecular complexity index is 493. The minimum atomic E-state index is -4.17. The maximum atomic E-state index is 12.1. The molecule has 0 radical (unpaired) electrons. The van der Waals surface area contributed by atoms with Gasteiger partial charge in [-0.15, -0.1) is 0 Å². The highest BCUT2D eigenvalue weighted by atomic mass is 19.4. The highest BCUT2D eigenvalue weighted by molar-refractivity contribution is 5.79. The van der Waals surface area contributed by atoms with Crippen LogP contribution >= 0.6 is 0 Å². The van der Waals surface area contributed by atoms with Crippen molar-refractivity contribution in [3.05, 3.63) is 24.3 Å². The first kappa shape index (κ1) is 18.9. The lowest BCUT2D eigenvalue weighted by Gasteiger charge is -2.13. The fraction of sp³-hybridized carbons (Fsp3) is 0.533. The lowest BCUT2D eigenvalue weighted by Crippen LogP contribution is -2.39. The van der Waals surface area contributed by atoms with E-state index in [0.29, 0.717) is 31.3 Å². The van der Waals surface area contributed by atoms with Crippen molar-refractivity contribution >= 4 is 5.96 Å². The third-order valence-electron chi connectivity index (χ3n) is 2.85. The molecule has 0 amide bonds. The van der Waals surface area contributed by atoms with Crippen LogP contribution in [0.1, 0.15) is 12.8 Å². The van der Waals surface area contributed by atoms with Gasteiger partial charge in [-0.05, 0) is 18.6 Å². The number of nitrogens with one attached hydrogen (secondary N) is 2. The van der Waals surface area contributed by atoms with Crippen LogP contribution in [-0.4, -0.2) is 46.0 Å². The van der Waals surface area contributed by atoms with Crippen LogP contribution in [0.25, 0.3) is 0 Å². The van der Waals surface area contributed by atoms with Crippen molar-refractivity contribution in [1.29, 1.82) is 0 Å². The van der Waals surface area contributed by atoms with E-state index >= 15 is 0 Å². The van der Waals surface area contributed by atoms with Crippen molar-refractivity contribution in [2.75, 3.05) is 33.9 Å². The third kappa shape index (κ3) is 8.80. The van der Waals surface area contributed by atoms with E-state index in [1.165, 1.54) is 7.05 Å². The summed E-state index contributed by atoms with van der Waals surface area (Å²) < 4.78 is 46.8. The molecule has 1 rings (SSSR count). The van der Waals surface area contributed by atoms with E-state index in [4.69, 9.17) is 9.47 Å². The van der Waals surface area contributed by atoms with Gasteiger partial charge in [-0.2, -0.15) is 13.2 Å². The minimum Gasteiger partial charge on any atom is -0.497 e. The molecule has 0 spiro atoms. The molecule has 1 aromatic carbocycles. The molecule has 1 aromatic rings. The van der Waals surface area contributed by atoms with Gasteiger partial charge in [0.1, 0.15) is 11.5 Å². The Hall–Kier alpha value is -2.12. The zero-order valence-corrected chi connectivity index (χ0v) is 13.2. The van der Waals surface area contributed by atoms with Crippen LogP contribution in [0.4, 0.5) is 13.2 Å². The summed E-state index contributed by atoms with van der Waals surface area (Å²) in [6.45, 7) is 0.804. The number of halogens is 3. The first-order chi connectivity index (χ1) is 10.9. The standard InChI is InChI=1S/C15H22F3N3O2/c1-19-14(21-9-7-15(16,17)18)20-8-4-10-23-13-6-3-5-12(11-13)22-2/h3,5-6,11H,4,7-10H2,1-2H3,(H2,19,20,21). The Morgan fingerprint density at radius 1 is 1.17 bits per heavy atom. The predicted molar refractivity (Wildman–Crippen MR) is 83.1 cm³/mol. The molecule has 0 bridgehead atoms. The SMILES string of the molecule is CN=C(NCCCOc1cccc(OC)c1)NCCC(F)(F)F. The van der Waals surface area contributed by atoms with Crippen molar-refractivity contribution < 1.29 is 22.6 Å². The van der Waals surface area contributed by atoms with Crippen LogP contribution < -0.4 is 20.1 Å². The molecule has 0 aliphatic rings. The molecule has 0 saturated carbocycles. The largest absolute Gasteiger partial charge is 0.497 e. The van der Waals surface area contributed by atoms with E-state index in [0.717, 1.165) is 5.75 Å². The number of rotatable bonds is 8. The highest BCUT2D eigenvalue weighted by Gasteiger charge is 2.26. The molecule has 2 N–H and O–H groups in total. The summed E-state index contributed by atoms with van der Waals surface area (Å²) >= 11 is 0. The Kier molecular flexibility index (Phi) is 8.07. The van der Waals surface area contributed by atoms with Crippen molar-refractivity contribution in [1.82, 2.24) is 10.6 Å². The van der Waals surface area contributed by atoms with Crippen molar-refractivity contribution in [3.63, 3.8) is 0 Å². The number of benzene rings is 1. The quantitative estimate of drug-likeness (QED) is 0.436. The first-order valence-electron chi connectivity index (χ1n) is 7.22. The summed E-state index contributed by atoms with van der Waals surface area (Å²) in [5, 5.41) is 5.54. The molecular weight excluding hydrogens is 311 g/mol. The molecule has 23 heavy (non-hydrogen) atoms. The Labute approximate surface area is 133 Å². The zero-order chi connectivity index (χ0) is 17.1. The van der Waals surface area contributed by atoms with E-state index in [1.54, 1.807) is 13.2 Å². The summed E-state index contributed by atoms with van der Waals surface area (Å²) in [6.07, 6.45) is -4.39. The third-order valence-corrected chi connectivity index (χ3v) is 2.85. The van der Waals surface area contributed by atoms with Crippen LogP contribution in [0, 0.1) is 0 Å². The highest BCUT2D eigenvalue weighted by Crippen LogP contribution is 2.19. The molecule has 0 unspecified atom stereocenters. The van der Waals surface area contributed by atoms with Crippen LogP contribution in [0.15, 0.2) is 29.3 Å². The van der Waals surface area contributed by atoms with Gasteiger partial charge in [0, 0.05) is 26.2 Å². The normalized spacial score (nSPS) is 12.0. The van der Waals surface area contributed by atoms with Crippen molar-refractivity contribution in [2.24, 2.45) is 4.99 Å². The number of guanidine groups is 1. The number of alkyl halides is 3. The van der Waals surface area contributed by atoms with E-state index in [1.807, 2.05) is 18.2 Å². The molecule has 8 heteroatoms. The van der Waals surface area contributed by atoms with Crippen LogP contribution in [0.3, 0.4) is 0 Å². The van der Waals surface area contributed by atoms with Crippen molar-refractivity contribution in [2.45, 2.75) is 19.0 Å². The number of ether oxygens (including phenoxy) is 2. The van der Waals surface area contributed by atoms with Gasteiger partial charge in [0.15, 0.2) is 5.96 Å². The maximum Gasteiger partial charge on any atom is 0.390 e. The summed E-state index contributed by atoms with van der Waals surface area (Å²) in [7, 11) is 3.09. The summed E-state index contributed by atoms with van der Waals surface area (Å²) in [6, 6.07) is 7.27. The lowest BCUT2D eigenvalue weighted by atomic mass is 10.3. The molecular formula is C15H22F3N3O2. The van der Waals surface area contributed by atoms with Gasteiger partial charge in [0.05, 0.1) is 20.1 Å². The van der Waals surface area contributed by atoms with Gasteiger partial charge in [-0.3, -0.25) is 4.99 Å². The molecule has 130 valence electrons. The number of methoxy groups -OCH3 is 1. The Balaban J connectivity index is 2.17. The fourth-order valence-electron chi connectivity index (χ4n) is 1.70. The Morgan fingerprint density at radius 3 is 2.52 bits per heavy atom. The van der Waals surface area contributed by atoms with E-state index in [9.17, 15) is 13.2 Å². The summed E-state index contributed by atoms with van der Waals surface area (Å²) in [4.78, 5) is 3.86. The van der Waals surface area contributed by atoms with Crippen LogP contribution in [-0.2, 0) is 0 Å². The molecule has 0 aliphatic heterocycles. The number of hydrogen-bond donors (Lipinski definition) is 2. The second-order valence-electron chi connectivity index (χ2n) is 4.67. The summed E-state index contributed by atoms with van der Waals surface area (Å²) in [5.41, 5.74) is 0. The van der Waals surface area contributed by atoms with E-state index in [-0.39, 0.29) is 6.54 Å². The van der Waals surface area contributed by atoms with E-state index < -0.39 is 12.6 Å². The average Bonchev–Trinajstić information content (AvgIpc) is 2.52. The molecule has 0 aliphatic carbocycles. The molecule has 0 atom stereocenters. The lowest BCUT2D eigenvalue weighted by molar-refractivity contribution is -0.132. The van der Waals surface area contributed by atoms with Crippen LogP contribution in [0.5, 0.6) is 11.5 Å². The topological polar surface area (TPSA) is 54.9 Å². The van der Waals surface area contributed by atoms with Crippen molar-refractivity contribution in [3.8, 4) is 11.5 Å². The second kappa shape index (κ2) is 9.81. The smallest absolute Gasteiger partial charge is 0.390 e. The molecule has 5 nitrogen and oxygen atoms in total. The molecule has 0 aromatic heterocycles. The minimum absolute atomic E-state index is 0.205. The van der Waals surface area contributed by atoms with Gasteiger partial charge in [-0.1, -0.05) is 6.07 Å². The monoisotopic (exact) mass is 333 g/mol. The van der Waals surface area contributed by atoms with Gasteiger partial charge in [-0.25, -0.2) is 0 Å². The molecule has 0 fully saturated rings. The van der Waals surface area contributed by atoms with Crippen LogP contribution in [0.2, 0.25) is 0 Å². The molecule has 0 heterocycles. The van der Waals surface area contributed by atoms with Gasteiger partial charge in [0.2, 0.25) is 0 Å². The maximum absolute atomic E-state index is 12.1. The van der Waals surface area contributed by atoms with E-state index in [2.05, 4.69) is 15.6 Å². The summed E-state index contributed by atoms with van der Waals surface area (Å²) in [5.74, 6) is 1.77. The number of hydrogen-bond acceptors (Lipinski definition) is 3. The van der Waals surface area contributed by atoms with Gasteiger partial charge >= 0.3 is 6.18 Å². The number of aliphatic imine (C=N–C) groups is 1. The molecule has 0 saturated heterocycles. The average molecular weight is 333 g/mol. The Morgan fingerprint density at radius 2 is 1.87 bits per heavy atom. The predicted octanol–water partition coefficient (Wildman–Crippen LogP) is 2.58. The zero-order valence-electron chi connectivity index (χ0n) is 13.2. The van der Waals surface area contributed by atoms with Gasteiger partial charge < -0.3 is 20.1 Å². The van der Waals surface area contributed by atoms with Gasteiger partial charge in [0.25, 0.3) is 0 Å². The fourth-order valence-corrected chi connectivity index (χ4v) is 1.70. The number of nitrogens with zero attached hydrogens (tertiary/aromatic N) is 1. The second-order valence-corrected chi connectivity index (χ2v) is 4.67.